The van der Waals surface area contributed by atoms with Crippen LogP contribution in [0.5, 0.6) is 0 Å². The molecule has 120 valence electrons. The van der Waals surface area contributed by atoms with Gasteiger partial charge in [0.25, 0.3) is 0 Å². The van der Waals surface area contributed by atoms with Gasteiger partial charge >= 0.3 is 0 Å². The minimum Gasteiger partial charge on any atom is -0.329 e. The van der Waals surface area contributed by atoms with Crippen molar-refractivity contribution >= 4 is 0 Å². The van der Waals surface area contributed by atoms with Crippen molar-refractivity contribution in [1.82, 2.24) is 14.7 Å². The number of likely N-dealkylation sites (tertiary alicyclic amines) is 1. The largest absolute Gasteiger partial charge is 0.329 e. The zero-order valence-electron chi connectivity index (χ0n) is 14.4. The maximum absolute atomic E-state index is 6.15. The van der Waals surface area contributed by atoms with E-state index in [-0.39, 0.29) is 5.41 Å². The van der Waals surface area contributed by atoms with E-state index in [0.717, 1.165) is 5.92 Å². The summed E-state index contributed by atoms with van der Waals surface area (Å²) in [4.78, 5) is 2.57. The van der Waals surface area contributed by atoms with E-state index in [4.69, 9.17) is 10.8 Å². The summed E-state index contributed by atoms with van der Waals surface area (Å²) < 4.78 is 1.94. The third-order valence-electron chi connectivity index (χ3n) is 4.82. The maximum atomic E-state index is 6.15. The quantitative estimate of drug-likeness (QED) is 0.928. The summed E-state index contributed by atoms with van der Waals surface area (Å²) >= 11 is 0. The van der Waals surface area contributed by atoms with Gasteiger partial charge in [-0.25, -0.2) is 0 Å². The maximum Gasteiger partial charge on any atom is 0.0726 e. The lowest BCUT2D eigenvalue weighted by Gasteiger charge is -2.37. The van der Waals surface area contributed by atoms with Gasteiger partial charge in [-0.05, 0) is 31.8 Å². The van der Waals surface area contributed by atoms with E-state index in [2.05, 4.69) is 38.8 Å². The molecule has 0 amide bonds. The molecule has 2 N–H and O–H groups in total. The van der Waals surface area contributed by atoms with Gasteiger partial charge in [0.05, 0.1) is 11.7 Å². The number of piperidine rings is 1. The Morgan fingerprint density at radius 2 is 1.95 bits per heavy atom. The highest BCUT2D eigenvalue weighted by Crippen LogP contribution is 2.33. The van der Waals surface area contributed by atoms with Crippen molar-refractivity contribution in [2.75, 3.05) is 19.6 Å². The molecule has 1 atom stereocenters. The first-order valence-corrected chi connectivity index (χ1v) is 8.35. The van der Waals surface area contributed by atoms with Gasteiger partial charge in [0, 0.05) is 30.8 Å². The highest BCUT2D eigenvalue weighted by atomic mass is 15.3. The minimum absolute atomic E-state index is 0.0613. The van der Waals surface area contributed by atoms with Crippen molar-refractivity contribution in [1.29, 1.82) is 0 Å². The van der Waals surface area contributed by atoms with Gasteiger partial charge in [0.15, 0.2) is 0 Å². The van der Waals surface area contributed by atoms with Gasteiger partial charge in [-0.15, -0.1) is 0 Å². The third-order valence-corrected chi connectivity index (χ3v) is 4.82. The second kappa shape index (κ2) is 6.49. The van der Waals surface area contributed by atoms with Gasteiger partial charge < -0.3 is 5.73 Å². The average Bonchev–Trinajstić information content (AvgIpc) is 2.82. The Labute approximate surface area is 129 Å². The molecule has 0 aromatic carbocycles. The molecule has 1 aliphatic heterocycles. The van der Waals surface area contributed by atoms with Gasteiger partial charge in [0.1, 0.15) is 0 Å². The van der Waals surface area contributed by atoms with Crippen molar-refractivity contribution in [3.63, 3.8) is 0 Å². The standard InChI is InChI=1S/C17H32N4/c1-6-13-7-9-21(10-8-13)15(11-18)14-12-20(5)19-16(14)17(2,3)4/h12-13,15H,6-11,18H2,1-5H3. The van der Waals surface area contributed by atoms with Crippen molar-refractivity contribution in [3.8, 4) is 0 Å². The summed E-state index contributed by atoms with van der Waals surface area (Å²) in [6, 6.07) is 0.311. The van der Waals surface area contributed by atoms with Crippen molar-refractivity contribution < 1.29 is 0 Å². The Hall–Kier alpha value is -0.870. The predicted octanol–water partition coefficient (Wildman–Crippen LogP) is 2.84. The molecule has 21 heavy (non-hydrogen) atoms. The lowest BCUT2D eigenvalue weighted by molar-refractivity contribution is 0.133. The van der Waals surface area contributed by atoms with Crippen LogP contribution in [0.1, 0.15) is 64.3 Å². The van der Waals surface area contributed by atoms with E-state index in [1.165, 1.54) is 43.6 Å². The van der Waals surface area contributed by atoms with Gasteiger partial charge in [-0.3, -0.25) is 9.58 Å². The van der Waals surface area contributed by atoms with Crippen LogP contribution in [0.3, 0.4) is 0 Å². The smallest absolute Gasteiger partial charge is 0.0726 e. The highest BCUT2D eigenvalue weighted by molar-refractivity contribution is 5.28. The number of hydrogen-bond acceptors (Lipinski definition) is 3. The molecule has 1 aromatic heterocycles. The molecule has 0 radical (unpaired) electrons. The number of aromatic nitrogens is 2. The first-order chi connectivity index (χ1) is 9.86. The molecular formula is C17H32N4. The topological polar surface area (TPSA) is 47.1 Å². The summed E-state index contributed by atoms with van der Waals surface area (Å²) in [5.41, 5.74) is 8.72. The Balaban J connectivity index is 2.22. The van der Waals surface area contributed by atoms with Crippen LogP contribution in [0.25, 0.3) is 0 Å². The van der Waals surface area contributed by atoms with Crippen LogP contribution in [0.15, 0.2) is 6.20 Å². The molecule has 0 aliphatic carbocycles. The molecule has 1 aromatic rings. The fraction of sp³-hybridized carbons (Fsp3) is 0.824. The zero-order valence-corrected chi connectivity index (χ0v) is 14.4. The summed E-state index contributed by atoms with van der Waals surface area (Å²) in [6.45, 7) is 12.0. The van der Waals surface area contributed by atoms with Crippen LogP contribution < -0.4 is 5.73 Å². The molecule has 1 fully saturated rings. The summed E-state index contributed by atoms with van der Waals surface area (Å²) in [5.74, 6) is 0.899. The summed E-state index contributed by atoms with van der Waals surface area (Å²) in [6.07, 6.45) is 6.08. The molecule has 1 aliphatic rings. The highest BCUT2D eigenvalue weighted by Gasteiger charge is 2.31. The fourth-order valence-corrected chi connectivity index (χ4v) is 3.48. The first-order valence-electron chi connectivity index (χ1n) is 8.35. The molecular weight excluding hydrogens is 260 g/mol. The molecule has 1 saturated heterocycles. The SMILES string of the molecule is CCC1CCN(C(CN)c2cn(C)nc2C(C)(C)C)CC1. The van der Waals surface area contributed by atoms with Crippen molar-refractivity contribution in [3.05, 3.63) is 17.5 Å². The normalized spacial score (nSPS) is 19.9. The van der Waals surface area contributed by atoms with Crippen LogP contribution in [-0.4, -0.2) is 34.3 Å². The lowest BCUT2D eigenvalue weighted by atomic mass is 9.86. The molecule has 2 rings (SSSR count). The molecule has 1 unspecified atom stereocenters. The number of rotatable bonds is 4. The molecule has 4 nitrogen and oxygen atoms in total. The van der Waals surface area contributed by atoms with Gasteiger partial charge in [-0.1, -0.05) is 34.1 Å². The van der Waals surface area contributed by atoms with E-state index >= 15 is 0 Å². The molecule has 4 heteroatoms. The van der Waals surface area contributed by atoms with Gasteiger partial charge in [0.2, 0.25) is 0 Å². The van der Waals surface area contributed by atoms with Crippen molar-refractivity contribution in [2.45, 2.75) is 58.4 Å². The number of nitrogens with two attached hydrogens (primary N) is 1. The average molecular weight is 292 g/mol. The lowest BCUT2D eigenvalue weighted by Crippen LogP contribution is -2.40. The molecule has 0 bridgehead atoms. The van der Waals surface area contributed by atoms with E-state index in [9.17, 15) is 0 Å². The Morgan fingerprint density at radius 1 is 1.33 bits per heavy atom. The second-order valence-corrected chi connectivity index (χ2v) is 7.50. The fourth-order valence-electron chi connectivity index (χ4n) is 3.48. The second-order valence-electron chi connectivity index (χ2n) is 7.50. The van der Waals surface area contributed by atoms with E-state index in [1.807, 2.05) is 11.7 Å². The Morgan fingerprint density at radius 3 is 2.43 bits per heavy atom. The number of nitrogens with zero attached hydrogens (tertiary/aromatic N) is 3. The Kier molecular flexibility index (Phi) is 5.10. The van der Waals surface area contributed by atoms with E-state index in [0.29, 0.717) is 12.6 Å². The first kappa shape index (κ1) is 16.5. The predicted molar refractivity (Wildman–Crippen MR) is 88.3 cm³/mol. The monoisotopic (exact) mass is 292 g/mol. The van der Waals surface area contributed by atoms with Crippen LogP contribution in [-0.2, 0) is 12.5 Å². The zero-order chi connectivity index (χ0) is 15.6. The van der Waals surface area contributed by atoms with Crippen LogP contribution >= 0.6 is 0 Å². The number of hydrogen-bond donors (Lipinski definition) is 1. The van der Waals surface area contributed by atoms with Gasteiger partial charge in [-0.2, -0.15) is 5.10 Å². The summed E-state index contributed by atoms with van der Waals surface area (Å²) in [5, 5.41) is 4.71. The summed E-state index contributed by atoms with van der Waals surface area (Å²) in [7, 11) is 2.01. The third kappa shape index (κ3) is 3.67. The van der Waals surface area contributed by atoms with E-state index < -0.39 is 0 Å². The Bertz CT molecular complexity index is 450. The van der Waals surface area contributed by atoms with Crippen LogP contribution in [0, 0.1) is 5.92 Å². The molecule has 2 heterocycles. The molecule has 0 saturated carbocycles. The van der Waals surface area contributed by atoms with Crippen molar-refractivity contribution in [2.24, 2.45) is 18.7 Å². The van der Waals surface area contributed by atoms with E-state index in [1.54, 1.807) is 0 Å². The van der Waals surface area contributed by atoms with Crippen LogP contribution in [0.2, 0.25) is 0 Å². The van der Waals surface area contributed by atoms with Crippen LogP contribution in [0.4, 0.5) is 0 Å². The molecule has 0 spiro atoms. The number of aryl methyl sites for hydroxylation is 1. The minimum atomic E-state index is 0.0613.